The lowest BCUT2D eigenvalue weighted by molar-refractivity contribution is 0.280. The molecule has 2 N–H and O–H groups in total. The number of sulfonamides is 1. The third kappa shape index (κ3) is 4.00. The smallest absolute Gasteiger partial charge is 0.241 e. The van der Waals surface area contributed by atoms with Gasteiger partial charge in [-0.25, -0.2) is 13.1 Å². The van der Waals surface area contributed by atoms with Crippen LogP contribution in [0.2, 0.25) is 0 Å². The van der Waals surface area contributed by atoms with Crippen LogP contribution < -0.4 is 4.72 Å². The van der Waals surface area contributed by atoms with Gasteiger partial charge in [-0.05, 0) is 49.1 Å². The highest BCUT2D eigenvalue weighted by Gasteiger charge is 2.29. The summed E-state index contributed by atoms with van der Waals surface area (Å²) in [6, 6.07) is 5.05. The van der Waals surface area contributed by atoms with Gasteiger partial charge in [0.05, 0.1) is 11.5 Å². The van der Waals surface area contributed by atoms with Gasteiger partial charge in [-0.1, -0.05) is 19.1 Å². The van der Waals surface area contributed by atoms with E-state index in [-0.39, 0.29) is 17.5 Å². The summed E-state index contributed by atoms with van der Waals surface area (Å²) in [6.07, 6.45) is 2.87. The second-order valence-corrected chi connectivity index (χ2v) is 8.67. The van der Waals surface area contributed by atoms with E-state index in [9.17, 15) is 13.5 Å². The normalized spacial score (nSPS) is 22.6. The number of hydrogen-bond donors (Lipinski definition) is 2. The van der Waals surface area contributed by atoms with Crippen LogP contribution in [0.25, 0.3) is 0 Å². The minimum atomic E-state index is -3.52. The van der Waals surface area contributed by atoms with Crippen molar-refractivity contribution >= 4 is 21.8 Å². The number of hydrogen-bond acceptors (Lipinski definition) is 4. The summed E-state index contributed by atoms with van der Waals surface area (Å²) in [5.74, 6) is 1.07. The predicted octanol–water partition coefficient (Wildman–Crippen LogP) is 2.44. The SMILES string of the molecule is CCSC1CCC(NS(=O)(=O)c2cccc(CO)c2C)C1. The highest BCUT2D eigenvalue weighted by molar-refractivity contribution is 7.99. The van der Waals surface area contributed by atoms with Gasteiger partial charge in [0.15, 0.2) is 0 Å². The van der Waals surface area contributed by atoms with Crippen LogP contribution in [-0.2, 0) is 16.6 Å². The fourth-order valence-corrected chi connectivity index (χ4v) is 5.55. The first-order valence-electron chi connectivity index (χ1n) is 7.31. The minimum absolute atomic E-state index is 0.0243. The van der Waals surface area contributed by atoms with E-state index in [0.29, 0.717) is 16.4 Å². The lowest BCUT2D eigenvalue weighted by Crippen LogP contribution is -2.33. The highest BCUT2D eigenvalue weighted by Crippen LogP contribution is 2.31. The van der Waals surface area contributed by atoms with Gasteiger partial charge >= 0.3 is 0 Å². The number of benzene rings is 1. The van der Waals surface area contributed by atoms with Crippen molar-refractivity contribution in [3.8, 4) is 0 Å². The molecule has 0 aliphatic heterocycles. The second-order valence-electron chi connectivity index (χ2n) is 5.41. The summed E-state index contributed by atoms with van der Waals surface area (Å²) < 4.78 is 27.9. The maximum atomic E-state index is 12.5. The Labute approximate surface area is 131 Å². The Morgan fingerprint density at radius 1 is 1.38 bits per heavy atom. The summed E-state index contributed by atoms with van der Waals surface area (Å²) in [6.45, 7) is 3.73. The average molecular weight is 329 g/mol. The molecule has 21 heavy (non-hydrogen) atoms. The summed E-state index contributed by atoms with van der Waals surface area (Å²) in [5.41, 5.74) is 1.29. The predicted molar refractivity (Wildman–Crippen MR) is 87.0 cm³/mol. The monoisotopic (exact) mass is 329 g/mol. The maximum Gasteiger partial charge on any atom is 0.241 e. The lowest BCUT2D eigenvalue weighted by Gasteiger charge is -2.16. The van der Waals surface area contributed by atoms with Crippen molar-refractivity contribution in [3.05, 3.63) is 29.3 Å². The van der Waals surface area contributed by atoms with Gasteiger partial charge in [0.2, 0.25) is 10.0 Å². The first-order valence-corrected chi connectivity index (χ1v) is 9.84. The van der Waals surface area contributed by atoms with Gasteiger partial charge in [0.25, 0.3) is 0 Å². The number of rotatable bonds is 6. The fraction of sp³-hybridized carbons (Fsp3) is 0.600. The molecule has 1 saturated carbocycles. The quantitative estimate of drug-likeness (QED) is 0.841. The molecule has 1 aromatic rings. The minimum Gasteiger partial charge on any atom is -0.392 e. The molecule has 2 atom stereocenters. The van der Waals surface area contributed by atoms with E-state index in [2.05, 4.69) is 11.6 Å². The van der Waals surface area contributed by atoms with Gasteiger partial charge < -0.3 is 5.11 Å². The Bertz CT molecular complexity index is 587. The topological polar surface area (TPSA) is 66.4 Å². The Kier molecular flexibility index (Phi) is 5.71. The van der Waals surface area contributed by atoms with E-state index in [0.717, 1.165) is 25.0 Å². The summed E-state index contributed by atoms with van der Waals surface area (Å²) in [5, 5.41) is 9.83. The van der Waals surface area contributed by atoms with Gasteiger partial charge in [-0.15, -0.1) is 0 Å². The van der Waals surface area contributed by atoms with E-state index < -0.39 is 10.0 Å². The molecule has 6 heteroatoms. The standard InChI is InChI=1S/C15H23NO3S2/c1-3-20-14-8-7-13(9-14)16-21(18,19)15-6-4-5-12(10-17)11(15)2/h4-6,13-14,16-17H,3,7-10H2,1-2H3. The molecule has 0 spiro atoms. The highest BCUT2D eigenvalue weighted by atomic mass is 32.2. The zero-order chi connectivity index (χ0) is 15.5. The molecular formula is C15H23NO3S2. The lowest BCUT2D eigenvalue weighted by atomic mass is 10.1. The molecule has 1 aromatic carbocycles. The Balaban J connectivity index is 2.13. The second kappa shape index (κ2) is 7.13. The molecule has 0 amide bonds. The molecule has 1 fully saturated rings. The molecule has 0 aromatic heterocycles. The largest absolute Gasteiger partial charge is 0.392 e. The van der Waals surface area contributed by atoms with Crippen LogP contribution in [-0.4, -0.2) is 30.6 Å². The summed E-state index contributed by atoms with van der Waals surface area (Å²) >= 11 is 1.91. The molecular weight excluding hydrogens is 306 g/mol. The van der Waals surface area contributed by atoms with Gasteiger partial charge in [0, 0.05) is 11.3 Å². The van der Waals surface area contributed by atoms with Crippen LogP contribution in [0.5, 0.6) is 0 Å². The molecule has 2 unspecified atom stereocenters. The molecule has 118 valence electrons. The zero-order valence-corrected chi connectivity index (χ0v) is 14.1. The third-order valence-corrected chi connectivity index (χ3v) is 6.86. The van der Waals surface area contributed by atoms with E-state index in [1.165, 1.54) is 0 Å². The molecule has 4 nitrogen and oxygen atoms in total. The number of aliphatic hydroxyl groups excluding tert-OH is 1. The maximum absolute atomic E-state index is 12.5. The number of nitrogens with one attached hydrogen (secondary N) is 1. The molecule has 0 radical (unpaired) electrons. The van der Waals surface area contributed by atoms with Crippen LogP contribution in [0, 0.1) is 6.92 Å². The van der Waals surface area contributed by atoms with Crippen LogP contribution >= 0.6 is 11.8 Å². The molecule has 0 saturated heterocycles. The van der Waals surface area contributed by atoms with E-state index in [4.69, 9.17) is 0 Å². The van der Waals surface area contributed by atoms with E-state index >= 15 is 0 Å². The molecule has 0 bridgehead atoms. The van der Waals surface area contributed by atoms with Gasteiger partial charge in [0.1, 0.15) is 0 Å². The van der Waals surface area contributed by atoms with Crippen molar-refractivity contribution in [2.24, 2.45) is 0 Å². The zero-order valence-electron chi connectivity index (χ0n) is 12.5. The first kappa shape index (κ1) is 16.8. The van der Waals surface area contributed by atoms with Crippen molar-refractivity contribution in [3.63, 3.8) is 0 Å². The van der Waals surface area contributed by atoms with E-state index in [1.807, 2.05) is 11.8 Å². The van der Waals surface area contributed by atoms with Gasteiger partial charge in [-0.2, -0.15) is 11.8 Å². The first-order chi connectivity index (χ1) is 9.97. The Hall–Kier alpha value is -0.560. The molecule has 1 aliphatic carbocycles. The Morgan fingerprint density at radius 2 is 2.14 bits per heavy atom. The third-order valence-electron chi connectivity index (χ3n) is 3.96. The molecule has 1 aliphatic rings. The van der Waals surface area contributed by atoms with Crippen LogP contribution in [0.3, 0.4) is 0 Å². The van der Waals surface area contributed by atoms with Gasteiger partial charge in [-0.3, -0.25) is 0 Å². The van der Waals surface area contributed by atoms with Crippen molar-refractivity contribution in [2.45, 2.75) is 55.9 Å². The van der Waals surface area contributed by atoms with Crippen molar-refractivity contribution in [2.75, 3.05) is 5.75 Å². The Morgan fingerprint density at radius 3 is 2.81 bits per heavy atom. The molecule has 0 heterocycles. The van der Waals surface area contributed by atoms with Crippen molar-refractivity contribution in [1.29, 1.82) is 0 Å². The molecule has 2 rings (SSSR count). The number of thioether (sulfide) groups is 1. The van der Waals surface area contributed by atoms with Crippen molar-refractivity contribution in [1.82, 2.24) is 4.72 Å². The van der Waals surface area contributed by atoms with Crippen LogP contribution in [0.1, 0.15) is 37.3 Å². The summed E-state index contributed by atoms with van der Waals surface area (Å²) in [4.78, 5) is 0.278. The van der Waals surface area contributed by atoms with Crippen LogP contribution in [0.4, 0.5) is 0 Å². The van der Waals surface area contributed by atoms with Crippen LogP contribution in [0.15, 0.2) is 23.1 Å². The van der Waals surface area contributed by atoms with E-state index in [1.54, 1.807) is 25.1 Å². The van der Waals surface area contributed by atoms with Crippen molar-refractivity contribution < 1.29 is 13.5 Å². The fourth-order valence-electron chi connectivity index (χ4n) is 2.84. The average Bonchev–Trinajstić information content (AvgIpc) is 2.85. The summed E-state index contributed by atoms with van der Waals surface area (Å²) in [7, 11) is -3.52. The number of aliphatic hydroxyl groups is 1.